The summed E-state index contributed by atoms with van der Waals surface area (Å²) in [5.41, 5.74) is 2.83. The zero-order valence-electron chi connectivity index (χ0n) is 22.9. The van der Waals surface area contributed by atoms with Crippen molar-refractivity contribution < 1.29 is 18.4 Å². The molecule has 1 aliphatic heterocycles. The average molecular weight is 541 g/mol. The minimum atomic E-state index is -0.743. The van der Waals surface area contributed by atoms with Gasteiger partial charge in [0.1, 0.15) is 17.5 Å². The summed E-state index contributed by atoms with van der Waals surface area (Å²) >= 11 is 0. The van der Waals surface area contributed by atoms with Gasteiger partial charge in [-0.05, 0) is 66.3 Å². The number of halogens is 2. The van der Waals surface area contributed by atoms with Gasteiger partial charge in [0.25, 0.3) is 0 Å². The molecule has 1 aliphatic carbocycles. The number of fused-ring (bicyclic) bond motifs is 3. The number of amides is 2. The van der Waals surface area contributed by atoms with E-state index in [2.05, 4.69) is 16.4 Å². The van der Waals surface area contributed by atoms with Gasteiger partial charge >= 0.3 is 0 Å². The molecule has 204 valence electrons. The van der Waals surface area contributed by atoms with Gasteiger partial charge in [0, 0.05) is 29.8 Å². The molecule has 3 aromatic rings. The highest BCUT2D eigenvalue weighted by molar-refractivity contribution is 6.06. The summed E-state index contributed by atoms with van der Waals surface area (Å²) in [6.45, 7) is 7.29. The van der Waals surface area contributed by atoms with Gasteiger partial charge in [0.2, 0.25) is 11.8 Å². The second-order valence-electron chi connectivity index (χ2n) is 11.6. The van der Waals surface area contributed by atoms with E-state index in [4.69, 9.17) is 0 Å². The fraction of sp³-hybridized carbons (Fsp3) is 0.312. The molecule has 1 N–H and O–H groups in total. The lowest BCUT2D eigenvalue weighted by Gasteiger charge is -2.34. The van der Waals surface area contributed by atoms with Gasteiger partial charge in [-0.25, -0.2) is 13.8 Å². The van der Waals surface area contributed by atoms with Crippen LogP contribution < -0.4 is 5.32 Å². The molecule has 2 heterocycles. The standard InChI is InChI=1S/C32H30F2N4O2/c1-19(21-13-25(33)15-26(34)14-21)38(30(40)31(2,3)4)10-6-7-20-11-22-16-32(17-23(22)12-24(20)18-35)27-8-5-9-36-28(27)37-29(32)39/h5-9,11-15,19H,10,16-17H2,1-4H3,(H,36,37,39)/b7-6+/t19-,32+/m1/s1. The van der Waals surface area contributed by atoms with Crippen molar-refractivity contribution in [3.63, 3.8) is 0 Å². The van der Waals surface area contributed by atoms with E-state index >= 15 is 0 Å². The molecule has 0 unspecified atom stereocenters. The quantitative estimate of drug-likeness (QED) is 0.439. The highest BCUT2D eigenvalue weighted by Crippen LogP contribution is 2.47. The van der Waals surface area contributed by atoms with E-state index in [1.165, 1.54) is 12.1 Å². The summed E-state index contributed by atoms with van der Waals surface area (Å²) in [4.78, 5) is 32.3. The van der Waals surface area contributed by atoms with Crippen molar-refractivity contribution in [1.29, 1.82) is 5.26 Å². The number of nitriles is 1. The molecule has 0 bridgehead atoms. The van der Waals surface area contributed by atoms with Gasteiger partial charge in [-0.15, -0.1) is 0 Å². The van der Waals surface area contributed by atoms with E-state index in [1.54, 1.807) is 50.9 Å². The van der Waals surface area contributed by atoms with Crippen LogP contribution >= 0.6 is 0 Å². The Morgan fingerprint density at radius 2 is 1.85 bits per heavy atom. The molecule has 5 rings (SSSR count). The van der Waals surface area contributed by atoms with Gasteiger partial charge in [0.15, 0.2) is 0 Å². The number of nitrogens with zero attached hydrogens (tertiary/aromatic N) is 3. The number of carbonyl (C=O) groups is 2. The Morgan fingerprint density at radius 3 is 2.50 bits per heavy atom. The van der Waals surface area contributed by atoms with E-state index in [9.17, 15) is 23.6 Å². The molecule has 0 fully saturated rings. The summed E-state index contributed by atoms with van der Waals surface area (Å²) in [5, 5.41) is 12.8. The van der Waals surface area contributed by atoms with Crippen LogP contribution in [0.25, 0.3) is 6.08 Å². The number of aromatic nitrogens is 1. The Morgan fingerprint density at radius 1 is 1.18 bits per heavy atom. The Labute approximate surface area is 232 Å². The van der Waals surface area contributed by atoms with Crippen molar-refractivity contribution >= 4 is 23.7 Å². The molecule has 6 nitrogen and oxygen atoms in total. The third kappa shape index (κ3) is 4.77. The second kappa shape index (κ2) is 9.98. The molecular formula is C32H30F2N4O2. The Kier molecular flexibility index (Phi) is 6.79. The SMILES string of the molecule is C[C@H](c1cc(F)cc(F)c1)N(C/C=C/c1cc2c(cc1C#N)C[C@]1(C2)C(=O)Nc2ncccc21)C(=O)C(C)(C)C. The molecule has 2 atom stereocenters. The maximum atomic E-state index is 14.0. The number of anilines is 1. The molecule has 1 aromatic heterocycles. The first kappa shape index (κ1) is 27.2. The zero-order chi connectivity index (χ0) is 28.8. The van der Waals surface area contributed by atoms with Crippen LogP contribution in [-0.2, 0) is 27.8 Å². The third-order valence-electron chi connectivity index (χ3n) is 7.80. The van der Waals surface area contributed by atoms with Gasteiger partial charge < -0.3 is 10.2 Å². The highest BCUT2D eigenvalue weighted by atomic mass is 19.1. The molecule has 1 spiro atoms. The first-order chi connectivity index (χ1) is 18.9. The third-order valence-corrected chi connectivity index (χ3v) is 7.80. The van der Waals surface area contributed by atoms with Crippen molar-refractivity contribution in [3.8, 4) is 6.07 Å². The van der Waals surface area contributed by atoms with Crippen molar-refractivity contribution in [2.45, 2.75) is 52.0 Å². The smallest absolute Gasteiger partial charge is 0.237 e. The molecular weight excluding hydrogens is 510 g/mol. The van der Waals surface area contributed by atoms with Crippen molar-refractivity contribution in [3.05, 3.63) is 99.8 Å². The van der Waals surface area contributed by atoms with E-state index in [1.807, 2.05) is 24.3 Å². The number of benzene rings is 2. The zero-order valence-corrected chi connectivity index (χ0v) is 22.9. The molecule has 8 heteroatoms. The van der Waals surface area contributed by atoms with Crippen molar-refractivity contribution in [1.82, 2.24) is 9.88 Å². The van der Waals surface area contributed by atoms with Gasteiger partial charge in [-0.2, -0.15) is 5.26 Å². The maximum Gasteiger partial charge on any atom is 0.237 e. The van der Waals surface area contributed by atoms with E-state index in [0.717, 1.165) is 22.8 Å². The number of rotatable bonds is 5. The molecule has 0 saturated carbocycles. The van der Waals surface area contributed by atoms with Crippen molar-refractivity contribution in [2.24, 2.45) is 5.41 Å². The number of pyridine rings is 1. The maximum absolute atomic E-state index is 14.0. The molecule has 40 heavy (non-hydrogen) atoms. The number of hydrogen-bond donors (Lipinski definition) is 1. The molecule has 2 aromatic carbocycles. The molecule has 2 aliphatic rings. The minimum absolute atomic E-state index is 0.0906. The lowest BCUT2D eigenvalue weighted by molar-refractivity contribution is -0.141. The Bertz CT molecular complexity index is 1580. The molecule has 0 saturated heterocycles. The number of nitrogens with one attached hydrogen (secondary N) is 1. The normalized spacial score (nSPS) is 18.4. The summed E-state index contributed by atoms with van der Waals surface area (Å²) in [7, 11) is 0. The average Bonchev–Trinajstić information content (AvgIpc) is 3.40. The molecule has 0 radical (unpaired) electrons. The van der Waals surface area contributed by atoms with Crippen LogP contribution in [0.2, 0.25) is 0 Å². The van der Waals surface area contributed by atoms with Crippen LogP contribution in [0.15, 0.2) is 54.7 Å². The van der Waals surface area contributed by atoms with Crippen LogP contribution in [0.3, 0.4) is 0 Å². The number of hydrogen-bond acceptors (Lipinski definition) is 4. The monoisotopic (exact) mass is 540 g/mol. The van der Waals surface area contributed by atoms with E-state index in [-0.39, 0.29) is 18.4 Å². The fourth-order valence-corrected chi connectivity index (χ4v) is 5.71. The lowest BCUT2D eigenvalue weighted by Crippen LogP contribution is -2.41. The van der Waals surface area contributed by atoms with Crippen LogP contribution in [0.1, 0.15) is 67.1 Å². The van der Waals surface area contributed by atoms with Crippen molar-refractivity contribution in [2.75, 3.05) is 11.9 Å². The topological polar surface area (TPSA) is 86.1 Å². The highest BCUT2D eigenvalue weighted by Gasteiger charge is 2.51. The fourth-order valence-electron chi connectivity index (χ4n) is 5.71. The predicted octanol–water partition coefficient (Wildman–Crippen LogP) is 5.87. The van der Waals surface area contributed by atoms with E-state index < -0.39 is 28.5 Å². The summed E-state index contributed by atoms with van der Waals surface area (Å²) < 4.78 is 27.9. The van der Waals surface area contributed by atoms with Gasteiger partial charge in [-0.3, -0.25) is 9.59 Å². The van der Waals surface area contributed by atoms with Gasteiger partial charge in [0.05, 0.1) is 23.1 Å². The van der Waals surface area contributed by atoms with Crippen LogP contribution in [0, 0.1) is 28.4 Å². The predicted molar refractivity (Wildman–Crippen MR) is 148 cm³/mol. The first-order valence-electron chi connectivity index (χ1n) is 13.2. The van der Waals surface area contributed by atoms with Crippen LogP contribution in [0.4, 0.5) is 14.6 Å². The second-order valence-corrected chi connectivity index (χ2v) is 11.6. The van der Waals surface area contributed by atoms with E-state index in [0.29, 0.717) is 35.3 Å². The number of carbonyl (C=O) groups excluding carboxylic acids is 2. The van der Waals surface area contributed by atoms with Crippen LogP contribution in [-0.4, -0.2) is 28.2 Å². The largest absolute Gasteiger partial charge is 0.332 e. The minimum Gasteiger partial charge on any atom is -0.332 e. The lowest BCUT2D eigenvalue weighted by atomic mass is 9.79. The Balaban J connectivity index is 1.44. The van der Waals surface area contributed by atoms with Crippen LogP contribution in [0.5, 0.6) is 0 Å². The Hall–Kier alpha value is -4.38. The first-order valence-corrected chi connectivity index (χ1v) is 13.2. The van der Waals surface area contributed by atoms with Gasteiger partial charge in [-0.1, -0.05) is 45.1 Å². The molecule has 2 amide bonds. The summed E-state index contributed by atoms with van der Waals surface area (Å²) in [5.74, 6) is -1.09. The summed E-state index contributed by atoms with van der Waals surface area (Å²) in [6, 6.07) is 12.4. The summed E-state index contributed by atoms with van der Waals surface area (Å²) in [6.07, 6.45) is 6.20.